The van der Waals surface area contributed by atoms with Crippen LogP contribution in [0.25, 0.3) is 11.1 Å². The Bertz CT molecular complexity index is 1340. The van der Waals surface area contributed by atoms with E-state index in [2.05, 4.69) is 4.90 Å². The molecule has 2 aromatic carbocycles. The summed E-state index contributed by atoms with van der Waals surface area (Å²) in [5.74, 6) is -0.415. The molecule has 1 amide bonds. The number of carbonyl (C=O) groups excluding carboxylic acids is 1. The van der Waals surface area contributed by atoms with Crippen LogP contribution in [0.4, 0.5) is 19.4 Å². The summed E-state index contributed by atoms with van der Waals surface area (Å²) in [5.41, 5.74) is 3.69. The number of ether oxygens (including phenoxy) is 1. The first kappa shape index (κ1) is 22.8. The molecule has 1 aliphatic carbocycles. The number of cyclic esters (lactones) is 1. The van der Waals surface area contributed by atoms with Crippen molar-refractivity contribution >= 4 is 11.9 Å². The van der Waals surface area contributed by atoms with Crippen LogP contribution in [-0.4, -0.2) is 40.2 Å². The van der Waals surface area contributed by atoms with Gasteiger partial charge in [0.25, 0.3) is 0 Å². The Morgan fingerprint density at radius 1 is 1.00 bits per heavy atom. The first-order valence-electron chi connectivity index (χ1n) is 12.4. The van der Waals surface area contributed by atoms with Gasteiger partial charge in [-0.05, 0) is 79.6 Å². The van der Waals surface area contributed by atoms with Crippen LogP contribution in [0.15, 0.2) is 48.5 Å². The number of benzene rings is 2. The first-order valence-corrected chi connectivity index (χ1v) is 12.4. The number of rotatable bonds is 6. The van der Waals surface area contributed by atoms with Gasteiger partial charge in [-0.2, -0.15) is 0 Å². The number of amides is 1. The highest BCUT2D eigenvalue weighted by Crippen LogP contribution is 2.44. The fraction of sp³-hybridized carbons (Fsp3) is 0.357. The second-order valence-electron chi connectivity index (χ2n) is 9.90. The van der Waals surface area contributed by atoms with E-state index in [0.29, 0.717) is 22.7 Å². The fourth-order valence-corrected chi connectivity index (χ4v) is 5.03. The van der Waals surface area contributed by atoms with Gasteiger partial charge in [0.05, 0.1) is 18.3 Å². The van der Waals surface area contributed by atoms with Gasteiger partial charge >= 0.3 is 6.09 Å². The molecule has 0 radical (unpaired) electrons. The summed E-state index contributed by atoms with van der Waals surface area (Å²) in [5, 5.41) is 10.7. The minimum atomic E-state index is -0.980. The number of phenolic OH excluding ortho intramolecular Hbond substituents is 1. The van der Waals surface area contributed by atoms with Gasteiger partial charge in [0.1, 0.15) is 17.7 Å². The molecular formula is C28H27F2N3O3. The molecule has 3 aromatic rings. The van der Waals surface area contributed by atoms with Gasteiger partial charge in [0, 0.05) is 24.2 Å². The molecule has 3 heterocycles. The van der Waals surface area contributed by atoms with Crippen LogP contribution in [0, 0.1) is 11.6 Å². The normalized spacial score (nSPS) is 21.5. The fourth-order valence-electron chi connectivity index (χ4n) is 5.03. The lowest BCUT2D eigenvalue weighted by Crippen LogP contribution is -2.38. The first-order chi connectivity index (χ1) is 17.4. The Hall–Kier alpha value is -3.68. The number of carbonyl (C=O) groups is 1. The Kier molecular flexibility index (Phi) is 5.54. The number of phenols is 1. The maximum atomic E-state index is 13.9. The van der Waals surface area contributed by atoms with Crippen molar-refractivity contribution in [3.63, 3.8) is 0 Å². The van der Waals surface area contributed by atoms with E-state index in [0.717, 1.165) is 55.9 Å². The van der Waals surface area contributed by atoms with Crippen LogP contribution in [0.5, 0.6) is 5.75 Å². The SMILES string of the molecule is C[C@H]1[C@@H](c2ccc(F)c(F)c2)OC(=O)N1Cc1nc(N2CCC2)ccc1-c1cc(C2CC2)ccc1O. The van der Waals surface area contributed by atoms with Gasteiger partial charge in [-0.25, -0.2) is 18.6 Å². The number of hydrogen-bond acceptors (Lipinski definition) is 5. The Balaban J connectivity index is 1.35. The number of anilines is 1. The molecule has 1 aromatic heterocycles. The highest BCUT2D eigenvalue weighted by Gasteiger charge is 2.40. The third-order valence-corrected chi connectivity index (χ3v) is 7.48. The number of halogens is 2. The summed E-state index contributed by atoms with van der Waals surface area (Å²) in [7, 11) is 0. The lowest BCUT2D eigenvalue weighted by molar-refractivity contribution is 0.130. The van der Waals surface area contributed by atoms with Crippen LogP contribution < -0.4 is 4.90 Å². The Labute approximate surface area is 208 Å². The number of pyridine rings is 1. The molecule has 0 bridgehead atoms. The van der Waals surface area contributed by atoms with Crippen molar-refractivity contribution in [1.82, 2.24) is 9.88 Å². The number of aromatic hydroxyl groups is 1. The van der Waals surface area contributed by atoms with Crippen LogP contribution in [0.2, 0.25) is 0 Å². The molecule has 0 spiro atoms. The molecule has 36 heavy (non-hydrogen) atoms. The molecule has 186 valence electrons. The zero-order chi connectivity index (χ0) is 25.0. The van der Waals surface area contributed by atoms with Gasteiger partial charge in [0.2, 0.25) is 0 Å². The van der Waals surface area contributed by atoms with Crippen molar-refractivity contribution in [2.24, 2.45) is 0 Å². The molecule has 6 rings (SSSR count). The van der Waals surface area contributed by atoms with Crippen LogP contribution in [-0.2, 0) is 11.3 Å². The molecule has 2 atom stereocenters. The Morgan fingerprint density at radius 3 is 2.47 bits per heavy atom. The lowest BCUT2D eigenvalue weighted by Gasteiger charge is -2.33. The lowest BCUT2D eigenvalue weighted by atomic mass is 9.97. The van der Waals surface area contributed by atoms with Crippen molar-refractivity contribution in [3.05, 3.63) is 77.0 Å². The number of nitrogens with zero attached hydrogens (tertiary/aromatic N) is 3. The largest absolute Gasteiger partial charge is 0.507 e. The summed E-state index contributed by atoms with van der Waals surface area (Å²) >= 11 is 0. The van der Waals surface area contributed by atoms with E-state index in [9.17, 15) is 18.7 Å². The summed E-state index contributed by atoms with van der Waals surface area (Å²) < 4.78 is 32.9. The summed E-state index contributed by atoms with van der Waals surface area (Å²) in [6, 6.07) is 12.7. The second kappa shape index (κ2) is 8.76. The molecule has 6 nitrogen and oxygen atoms in total. The minimum Gasteiger partial charge on any atom is -0.507 e. The predicted molar refractivity (Wildman–Crippen MR) is 131 cm³/mol. The molecule has 1 saturated carbocycles. The molecule has 8 heteroatoms. The van der Waals surface area contributed by atoms with Gasteiger partial charge < -0.3 is 14.7 Å². The van der Waals surface area contributed by atoms with E-state index >= 15 is 0 Å². The van der Waals surface area contributed by atoms with Crippen LogP contribution in [0.1, 0.15) is 55.0 Å². The molecular weight excluding hydrogens is 464 g/mol. The van der Waals surface area contributed by atoms with Crippen molar-refractivity contribution in [2.45, 2.75) is 50.8 Å². The average molecular weight is 492 g/mol. The zero-order valence-corrected chi connectivity index (χ0v) is 20.0. The average Bonchev–Trinajstić information content (AvgIpc) is 3.63. The summed E-state index contributed by atoms with van der Waals surface area (Å²) in [4.78, 5) is 21.6. The van der Waals surface area contributed by atoms with E-state index in [1.54, 1.807) is 11.0 Å². The van der Waals surface area contributed by atoms with E-state index < -0.39 is 29.9 Å². The van der Waals surface area contributed by atoms with Crippen LogP contribution >= 0.6 is 0 Å². The van der Waals surface area contributed by atoms with E-state index in [1.807, 2.05) is 31.2 Å². The maximum Gasteiger partial charge on any atom is 0.411 e. The van der Waals surface area contributed by atoms with Crippen molar-refractivity contribution < 1.29 is 23.4 Å². The summed E-state index contributed by atoms with van der Waals surface area (Å²) in [6.07, 6.45) is 2.11. The second-order valence-corrected chi connectivity index (χ2v) is 9.90. The molecule has 1 N–H and O–H groups in total. The maximum absolute atomic E-state index is 13.9. The predicted octanol–water partition coefficient (Wildman–Crippen LogP) is 5.90. The molecule has 2 saturated heterocycles. The minimum absolute atomic E-state index is 0.157. The standard InChI is InChI=1S/C28H27F2N3O3/c1-16-27(19-5-8-22(29)23(30)14-19)36-28(35)33(16)15-24-20(7-10-26(31-24)32-11-2-12-32)21-13-18(17-3-4-17)6-9-25(21)34/h5-10,13-14,16-17,27,34H,2-4,11-12,15H2,1H3/t16-,27-/m0/s1. The highest BCUT2D eigenvalue weighted by atomic mass is 19.2. The topological polar surface area (TPSA) is 65.9 Å². The van der Waals surface area contributed by atoms with Gasteiger partial charge in [-0.1, -0.05) is 12.1 Å². The molecule has 3 aliphatic rings. The molecule has 0 unspecified atom stereocenters. The number of aromatic nitrogens is 1. The number of hydrogen-bond donors (Lipinski definition) is 1. The Morgan fingerprint density at radius 2 is 1.78 bits per heavy atom. The quantitative estimate of drug-likeness (QED) is 0.465. The zero-order valence-electron chi connectivity index (χ0n) is 20.0. The third-order valence-electron chi connectivity index (χ3n) is 7.48. The molecule has 3 fully saturated rings. The monoisotopic (exact) mass is 491 g/mol. The van der Waals surface area contributed by atoms with E-state index in [4.69, 9.17) is 9.72 Å². The van der Waals surface area contributed by atoms with Gasteiger partial charge in [-0.3, -0.25) is 4.90 Å². The summed E-state index contributed by atoms with van der Waals surface area (Å²) in [6.45, 7) is 3.83. The van der Waals surface area contributed by atoms with Crippen molar-refractivity contribution in [1.29, 1.82) is 0 Å². The van der Waals surface area contributed by atoms with E-state index in [1.165, 1.54) is 11.6 Å². The highest BCUT2D eigenvalue weighted by molar-refractivity contribution is 5.76. The van der Waals surface area contributed by atoms with Crippen LogP contribution in [0.3, 0.4) is 0 Å². The van der Waals surface area contributed by atoms with Gasteiger partial charge in [0.15, 0.2) is 11.6 Å². The molecule has 2 aliphatic heterocycles. The third kappa shape index (κ3) is 4.04. The smallest absolute Gasteiger partial charge is 0.411 e. The van der Waals surface area contributed by atoms with E-state index in [-0.39, 0.29) is 12.3 Å². The van der Waals surface area contributed by atoms with Crippen molar-refractivity contribution in [3.8, 4) is 16.9 Å². The van der Waals surface area contributed by atoms with Crippen molar-refractivity contribution in [2.75, 3.05) is 18.0 Å². The van der Waals surface area contributed by atoms with Gasteiger partial charge in [-0.15, -0.1) is 0 Å².